The summed E-state index contributed by atoms with van der Waals surface area (Å²) in [5, 5.41) is 37.8. The zero-order valence-corrected chi connectivity index (χ0v) is 14.0. The molecule has 0 aromatic heterocycles. The van der Waals surface area contributed by atoms with E-state index in [1.807, 2.05) is 18.2 Å². The minimum absolute atomic E-state index is 0.0693. The van der Waals surface area contributed by atoms with Gasteiger partial charge in [-0.25, -0.2) is 0 Å². The minimum atomic E-state index is -1.62. The molecule has 3 atom stereocenters. The first kappa shape index (κ1) is 16.7. The fourth-order valence-electron chi connectivity index (χ4n) is 4.20. The quantitative estimate of drug-likeness (QED) is 0.834. The highest BCUT2D eigenvalue weighted by Gasteiger charge is 2.57. The molecule has 1 fully saturated rings. The molecule has 1 aromatic carbocycles. The van der Waals surface area contributed by atoms with Crippen molar-refractivity contribution in [3.05, 3.63) is 41.5 Å². The monoisotopic (exact) mass is 330 g/mol. The molecule has 0 unspecified atom stereocenters. The lowest BCUT2D eigenvalue weighted by molar-refractivity contribution is 0.320. The first-order valence-corrected chi connectivity index (χ1v) is 8.28. The number of nitrogens with zero attached hydrogens (tertiary/aromatic N) is 3. The Hall–Kier alpha value is -3.10. The summed E-state index contributed by atoms with van der Waals surface area (Å²) in [6, 6.07) is 13.7. The van der Waals surface area contributed by atoms with Gasteiger partial charge in [0.2, 0.25) is 0 Å². The Bertz CT molecular complexity index is 834. The molecule has 0 spiro atoms. The van der Waals surface area contributed by atoms with Gasteiger partial charge in [0.15, 0.2) is 5.41 Å². The summed E-state index contributed by atoms with van der Waals surface area (Å²) < 4.78 is 5.20. The van der Waals surface area contributed by atoms with Crippen molar-refractivity contribution in [3.63, 3.8) is 0 Å². The largest absolute Gasteiger partial charge is 0.497 e. The van der Waals surface area contributed by atoms with Crippen LogP contribution in [0.1, 0.15) is 30.7 Å². The molecule has 1 aromatic rings. The van der Waals surface area contributed by atoms with Gasteiger partial charge < -0.3 is 10.1 Å². The van der Waals surface area contributed by atoms with Gasteiger partial charge in [0.1, 0.15) is 11.7 Å². The van der Waals surface area contributed by atoms with Crippen LogP contribution in [-0.2, 0) is 0 Å². The molecule has 0 saturated heterocycles. The Balaban J connectivity index is 2.21. The van der Waals surface area contributed by atoms with E-state index in [0.29, 0.717) is 5.75 Å². The lowest BCUT2D eigenvalue weighted by Gasteiger charge is -2.45. The van der Waals surface area contributed by atoms with Crippen LogP contribution >= 0.6 is 0 Å². The van der Waals surface area contributed by atoms with E-state index in [2.05, 4.69) is 18.2 Å². The number of allylic oxidation sites excluding steroid dienone is 2. The van der Waals surface area contributed by atoms with Crippen LogP contribution in [-0.4, -0.2) is 12.8 Å². The first-order chi connectivity index (χ1) is 12.1. The van der Waals surface area contributed by atoms with Crippen LogP contribution < -0.4 is 4.74 Å². The molecule has 0 aliphatic heterocycles. The van der Waals surface area contributed by atoms with Crippen molar-refractivity contribution < 1.29 is 4.74 Å². The number of rotatable bonds is 2. The van der Waals surface area contributed by atoms with E-state index in [4.69, 9.17) is 10.1 Å². The molecule has 0 heterocycles. The van der Waals surface area contributed by atoms with E-state index in [1.165, 1.54) is 0 Å². The van der Waals surface area contributed by atoms with Gasteiger partial charge in [0.05, 0.1) is 31.0 Å². The second-order valence-corrected chi connectivity index (χ2v) is 6.50. The third kappa shape index (κ3) is 2.39. The number of methoxy groups -OCH3 is 1. The van der Waals surface area contributed by atoms with Crippen molar-refractivity contribution in [1.82, 2.24) is 0 Å². The van der Waals surface area contributed by atoms with E-state index in [-0.39, 0.29) is 11.6 Å². The Kier molecular flexibility index (Phi) is 4.30. The molecule has 124 valence electrons. The smallest absolute Gasteiger partial charge is 0.189 e. The molecule has 1 N–H and O–H groups in total. The number of nitriles is 3. The van der Waals surface area contributed by atoms with E-state index < -0.39 is 17.3 Å². The molecule has 25 heavy (non-hydrogen) atoms. The molecular weight excluding hydrogens is 312 g/mol. The number of ether oxygens (including phenoxy) is 1. The van der Waals surface area contributed by atoms with Crippen molar-refractivity contribution >= 4 is 5.71 Å². The summed E-state index contributed by atoms with van der Waals surface area (Å²) in [7, 11) is 1.58. The second kappa shape index (κ2) is 6.42. The number of hydrogen-bond acceptors (Lipinski definition) is 5. The lowest BCUT2D eigenvalue weighted by atomic mass is 9.53. The average Bonchev–Trinajstić information content (AvgIpc) is 2.67. The molecule has 2 aliphatic carbocycles. The summed E-state index contributed by atoms with van der Waals surface area (Å²) in [4.78, 5) is 0. The van der Waals surface area contributed by atoms with Gasteiger partial charge in [0.25, 0.3) is 0 Å². The van der Waals surface area contributed by atoms with E-state index >= 15 is 0 Å². The lowest BCUT2D eigenvalue weighted by Crippen LogP contribution is -2.48. The fraction of sp³-hybridized carbons (Fsp3) is 0.400. The molecule has 5 nitrogen and oxygen atoms in total. The van der Waals surface area contributed by atoms with Gasteiger partial charge in [-0.1, -0.05) is 18.2 Å². The third-order valence-electron chi connectivity index (χ3n) is 5.40. The molecular formula is C20H18N4O. The van der Waals surface area contributed by atoms with Crippen LogP contribution in [0.3, 0.4) is 0 Å². The Morgan fingerprint density at radius 3 is 2.40 bits per heavy atom. The summed E-state index contributed by atoms with van der Waals surface area (Å²) >= 11 is 0. The maximum atomic E-state index is 9.88. The fourth-order valence-corrected chi connectivity index (χ4v) is 4.20. The molecule has 0 radical (unpaired) electrons. The Labute approximate surface area is 147 Å². The van der Waals surface area contributed by atoms with Gasteiger partial charge in [-0.3, -0.25) is 0 Å². The zero-order chi connectivity index (χ0) is 18.0. The van der Waals surface area contributed by atoms with Crippen LogP contribution in [0.15, 0.2) is 35.9 Å². The number of hydrogen-bond donors (Lipinski definition) is 1. The highest BCUT2D eigenvalue weighted by molar-refractivity contribution is 6.00. The van der Waals surface area contributed by atoms with Crippen molar-refractivity contribution in [3.8, 4) is 24.0 Å². The molecule has 1 saturated carbocycles. The van der Waals surface area contributed by atoms with Crippen LogP contribution in [0.25, 0.3) is 0 Å². The van der Waals surface area contributed by atoms with Gasteiger partial charge in [-0.05, 0) is 48.4 Å². The van der Waals surface area contributed by atoms with Crippen molar-refractivity contribution in [2.45, 2.75) is 25.2 Å². The Morgan fingerprint density at radius 2 is 1.84 bits per heavy atom. The highest BCUT2D eigenvalue weighted by Crippen LogP contribution is 2.55. The summed E-state index contributed by atoms with van der Waals surface area (Å²) in [6.45, 7) is 0. The summed E-state index contributed by atoms with van der Waals surface area (Å²) in [5.41, 5.74) is 0.0303. The van der Waals surface area contributed by atoms with Crippen LogP contribution in [0, 0.1) is 56.7 Å². The highest BCUT2D eigenvalue weighted by atomic mass is 16.5. The number of nitrogens with one attached hydrogen (secondary N) is 1. The zero-order valence-electron chi connectivity index (χ0n) is 14.0. The minimum Gasteiger partial charge on any atom is -0.497 e. The summed E-state index contributed by atoms with van der Waals surface area (Å²) in [5.74, 6) is -0.597. The maximum absolute atomic E-state index is 9.88. The number of fused-ring (bicyclic) bond motifs is 1. The summed E-state index contributed by atoms with van der Waals surface area (Å²) in [6.07, 6.45) is 4.68. The van der Waals surface area contributed by atoms with E-state index in [0.717, 1.165) is 30.4 Å². The van der Waals surface area contributed by atoms with Crippen molar-refractivity contribution in [2.24, 2.45) is 17.3 Å². The standard InChI is InChI=1S/C20H18N4O/c1-25-14-8-6-13(7-9-14)18-16-5-3-2-4-15(16)17(10-21)19(24)20(18,11-22)12-23/h4,6-9,16-18,24H,2-3,5H2,1H3/t16-,17+,18+/m1/s1. The van der Waals surface area contributed by atoms with Gasteiger partial charge >= 0.3 is 0 Å². The van der Waals surface area contributed by atoms with Crippen LogP contribution in [0.5, 0.6) is 5.75 Å². The average molecular weight is 330 g/mol. The van der Waals surface area contributed by atoms with Crippen molar-refractivity contribution in [2.75, 3.05) is 7.11 Å². The van der Waals surface area contributed by atoms with E-state index in [1.54, 1.807) is 19.2 Å². The van der Waals surface area contributed by atoms with Gasteiger partial charge in [-0.15, -0.1) is 0 Å². The molecule has 3 rings (SSSR count). The van der Waals surface area contributed by atoms with Crippen LogP contribution in [0.2, 0.25) is 0 Å². The third-order valence-corrected chi connectivity index (χ3v) is 5.40. The van der Waals surface area contributed by atoms with Gasteiger partial charge in [0, 0.05) is 5.92 Å². The molecule has 0 bridgehead atoms. The Morgan fingerprint density at radius 1 is 1.16 bits per heavy atom. The van der Waals surface area contributed by atoms with Gasteiger partial charge in [-0.2, -0.15) is 15.8 Å². The predicted molar refractivity (Wildman–Crippen MR) is 91.6 cm³/mol. The SMILES string of the molecule is COc1ccc([C@H]2[C@@H]3CCCC=C3[C@H](C#N)C(=N)C2(C#N)C#N)cc1. The topological polar surface area (TPSA) is 104 Å². The van der Waals surface area contributed by atoms with Crippen LogP contribution in [0.4, 0.5) is 0 Å². The van der Waals surface area contributed by atoms with E-state index in [9.17, 15) is 15.8 Å². The molecule has 5 heteroatoms. The second-order valence-electron chi connectivity index (χ2n) is 6.50. The first-order valence-electron chi connectivity index (χ1n) is 8.28. The normalized spacial score (nSPS) is 27.0. The van der Waals surface area contributed by atoms with Crippen molar-refractivity contribution in [1.29, 1.82) is 21.2 Å². The molecule has 0 amide bonds. The predicted octanol–water partition coefficient (Wildman–Crippen LogP) is 3.71. The maximum Gasteiger partial charge on any atom is 0.189 e. The number of benzene rings is 1. The molecule has 2 aliphatic rings.